The van der Waals surface area contributed by atoms with Crippen LogP contribution in [-0.4, -0.2) is 55.7 Å². The van der Waals surface area contributed by atoms with Crippen molar-refractivity contribution in [2.24, 2.45) is 4.99 Å². The molecule has 0 spiro atoms. The van der Waals surface area contributed by atoms with Crippen molar-refractivity contribution in [1.29, 1.82) is 0 Å². The van der Waals surface area contributed by atoms with Crippen LogP contribution in [0.5, 0.6) is 0 Å². The molecular weight excluding hydrogens is 400 g/mol. The van der Waals surface area contributed by atoms with Crippen LogP contribution >= 0.6 is 0 Å². The van der Waals surface area contributed by atoms with Crippen molar-refractivity contribution in [2.45, 2.75) is 50.9 Å². The van der Waals surface area contributed by atoms with Crippen molar-refractivity contribution in [1.82, 2.24) is 15.5 Å². The number of carbonyl (C=O) groups excluding carboxylic acids is 1. The number of rotatable bonds is 6. The largest absolute Gasteiger partial charge is 0.372 e. The number of amides is 1. The molecular formula is C26H34N4O2. The summed E-state index contributed by atoms with van der Waals surface area (Å²) in [5, 5.41) is 6.88. The molecule has 170 valence electrons. The van der Waals surface area contributed by atoms with Gasteiger partial charge in [0.2, 0.25) is 0 Å². The molecule has 0 aromatic heterocycles. The van der Waals surface area contributed by atoms with Crippen LogP contribution in [0.4, 0.5) is 0 Å². The van der Waals surface area contributed by atoms with Crippen LogP contribution in [0.1, 0.15) is 48.2 Å². The molecule has 6 heteroatoms. The number of hydrogen-bond donors (Lipinski definition) is 2. The summed E-state index contributed by atoms with van der Waals surface area (Å²) in [6.07, 6.45) is 2.55. The van der Waals surface area contributed by atoms with E-state index in [4.69, 9.17) is 4.74 Å². The van der Waals surface area contributed by atoms with Crippen LogP contribution < -0.4 is 10.6 Å². The maximum absolute atomic E-state index is 12.8. The zero-order chi connectivity index (χ0) is 22.6. The highest BCUT2D eigenvalue weighted by Gasteiger charge is 2.44. The van der Waals surface area contributed by atoms with Gasteiger partial charge in [0.25, 0.3) is 5.91 Å². The summed E-state index contributed by atoms with van der Waals surface area (Å²) in [4.78, 5) is 19.1. The standard InChI is InChI=1S/C26H34N4O2/c1-19-16-30(17-20(2)32-19)24(31)22-11-9-21(10-12-22)15-28-25(27-3)29-18-26(13-14-26)23-7-5-4-6-8-23/h4-12,19-20H,13-18H2,1-3H3,(H2,27,28,29). The molecule has 2 atom stereocenters. The number of carbonyl (C=O) groups is 1. The van der Waals surface area contributed by atoms with Gasteiger partial charge >= 0.3 is 0 Å². The van der Waals surface area contributed by atoms with Gasteiger partial charge in [-0.25, -0.2) is 0 Å². The Kier molecular flexibility index (Phi) is 6.80. The predicted octanol–water partition coefficient (Wildman–Crippen LogP) is 3.33. The first-order valence-corrected chi connectivity index (χ1v) is 11.5. The molecule has 1 saturated heterocycles. The number of hydrogen-bond acceptors (Lipinski definition) is 3. The fraction of sp³-hybridized carbons (Fsp3) is 0.462. The van der Waals surface area contributed by atoms with E-state index in [9.17, 15) is 4.79 Å². The van der Waals surface area contributed by atoms with E-state index in [1.165, 1.54) is 18.4 Å². The minimum Gasteiger partial charge on any atom is -0.372 e. The van der Waals surface area contributed by atoms with Crippen LogP contribution in [0.2, 0.25) is 0 Å². The molecule has 1 amide bonds. The molecule has 6 nitrogen and oxygen atoms in total. The lowest BCUT2D eigenvalue weighted by atomic mass is 9.96. The van der Waals surface area contributed by atoms with E-state index in [-0.39, 0.29) is 23.5 Å². The summed E-state index contributed by atoms with van der Waals surface area (Å²) >= 11 is 0. The first kappa shape index (κ1) is 22.3. The Labute approximate surface area is 191 Å². The summed E-state index contributed by atoms with van der Waals surface area (Å²) in [5.41, 5.74) is 3.45. The molecule has 4 rings (SSSR count). The minimum absolute atomic E-state index is 0.0691. The topological polar surface area (TPSA) is 66.0 Å². The van der Waals surface area contributed by atoms with Crippen molar-refractivity contribution in [3.63, 3.8) is 0 Å². The molecule has 1 aliphatic heterocycles. The monoisotopic (exact) mass is 434 g/mol. The molecule has 2 aromatic carbocycles. The Balaban J connectivity index is 1.28. The quantitative estimate of drug-likeness (QED) is 0.541. The van der Waals surface area contributed by atoms with Gasteiger partial charge in [0, 0.05) is 44.2 Å². The van der Waals surface area contributed by atoms with Gasteiger partial charge in [-0.1, -0.05) is 42.5 Å². The lowest BCUT2D eigenvalue weighted by molar-refractivity contribution is -0.0586. The molecule has 1 aliphatic carbocycles. The van der Waals surface area contributed by atoms with Crippen LogP contribution in [0.15, 0.2) is 59.6 Å². The molecule has 0 bridgehead atoms. The second-order valence-electron chi connectivity index (χ2n) is 9.09. The summed E-state index contributed by atoms with van der Waals surface area (Å²) < 4.78 is 5.74. The molecule has 32 heavy (non-hydrogen) atoms. The van der Waals surface area contributed by atoms with Gasteiger partial charge in [0.15, 0.2) is 5.96 Å². The second-order valence-corrected chi connectivity index (χ2v) is 9.09. The minimum atomic E-state index is 0.0691. The molecule has 2 aromatic rings. The Hall–Kier alpha value is -2.86. The van der Waals surface area contributed by atoms with Crippen molar-refractivity contribution in [2.75, 3.05) is 26.7 Å². The Morgan fingerprint density at radius 2 is 1.69 bits per heavy atom. The molecule has 0 radical (unpaired) electrons. The fourth-order valence-electron chi connectivity index (χ4n) is 4.46. The number of nitrogens with one attached hydrogen (secondary N) is 2. The molecule has 1 heterocycles. The predicted molar refractivity (Wildman–Crippen MR) is 128 cm³/mol. The van der Waals surface area contributed by atoms with Crippen LogP contribution in [-0.2, 0) is 16.7 Å². The number of benzene rings is 2. The third-order valence-corrected chi connectivity index (χ3v) is 6.43. The van der Waals surface area contributed by atoms with Crippen LogP contribution in [0, 0.1) is 0 Å². The van der Waals surface area contributed by atoms with Gasteiger partial charge in [-0.2, -0.15) is 0 Å². The highest BCUT2D eigenvalue weighted by molar-refractivity contribution is 5.94. The number of ether oxygens (including phenoxy) is 1. The summed E-state index contributed by atoms with van der Waals surface area (Å²) in [6.45, 7) is 6.82. The normalized spacial score (nSPS) is 22.3. The van der Waals surface area contributed by atoms with Crippen LogP contribution in [0.25, 0.3) is 0 Å². The fourth-order valence-corrected chi connectivity index (χ4v) is 4.46. The number of guanidine groups is 1. The number of morpholine rings is 1. The third kappa shape index (κ3) is 5.30. The van der Waals surface area contributed by atoms with Crippen molar-refractivity contribution in [3.8, 4) is 0 Å². The van der Waals surface area contributed by atoms with Gasteiger partial charge in [0.05, 0.1) is 12.2 Å². The lowest BCUT2D eigenvalue weighted by Crippen LogP contribution is -2.48. The van der Waals surface area contributed by atoms with Crippen molar-refractivity contribution >= 4 is 11.9 Å². The van der Waals surface area contributed by atoms with E-state index < -0.39 is 0 Å². The molecule has 2 fully saturated rings. The Bertz CT molecular complexity index is 928. The van der Waals surface area contributed by atoms with Crippen molar-refractivity contribution in [3.05, 3.63) is 71.3 Å². The lowest BCUT2D eigenvalue weighted by Gasteiger charge is -2.35. The molecule has 2 aliphatic rings. The Morgan fingerprint density at radius 3 is 2.28 bits per heavy atom. The summed E-state index contributed by atoms with van der Waals surface area (Å²) in [5.74, 6) is 0.864. The smallest absolute Gasteiger partial charge is 0.254 e. The van der Waals surface area contributed by atoms with E-state index in [1.54, 1.807) is 7.05 Å². The SMILES string of the molecule is CN=C(NCc1ccc(C(=O)N2CC(C)OC(C)C2)cc1)NCC1(c2ccccc2)CC1. The molecule has 1 saturated carbocycles. The maximum Gasteiger partial charge on any atom is 0.254 e. The highest BCUT2D eigenvalue weighted by Crippen LogP contribution is 2.47. The molecule has 2 N–H and O–H groups in total. The third-order valence-electron chi connectivity index (χ3n) is 6.43. The first-order chi connectivity index (χ1) is 15.5. The van der Waals surface area contributed by atoms with E-state index in [2.05, 4.69) is 46.0 Å². The zero-order valence-electron chi connectivity index (χ0n) is 19.3. The van der Waals surface area contributed by atoms with Gasteiger partial charge in [-0.15, -0.1) is 0 Å². The Morgan fingerprint density at radius 1 is 1.03 bits per heavy atom. The van der Waals surface area contributed by atoms with Gasteiger partial charge in [0.1, 0.15) is 0 Å². The van der Waals surface area contributed by atoms with E-state index in [1.807, 2.05) is 43.0 Å². The second kappa shape index (κ2) is 9.74. The van der Waals surface area contributed by atoms with Gasteiger partial charge in [-0.3, -0.25) is 9.79 Å². The van der Waals surface area contributed by atoms with E-state index >= 15 is 0 Å². The van der Waals surface area contributed by atoms with Crippen LogP contribution in [0.3, 0.4) is 0 Å². The van der Waals surface area contributed by atoms with Gasteiger partial charge in [-0.05, 0) is 49.9 Å². The van der Waals surface area contributed by atoms with Crippen molar-refractivity contribution < 1.29 is 9.53 Å². The summed E-state index contributed by atoms with van der Waals surface area (Å²) in [7, 11) is 1.80. The summed E-state index contributed by atoms with van der Waals surface area (Å²) in [6, 6.07) is 18.5. The highest BCUT2D eigenvalue weighted by atomic mass is 16.5. The molecule has 2 unspecified atom stereocenters. The maximum atomic E-state index is 12.8. The van der Waals surface area contributed by atoms with Gasteiger partial charge < -0.3 is 20.3 Å². The zero-order valence-corrected chi connectivity index (χ0v) is 19.3. The average Bonchev–Trinajstić information content (AvgIpc) is 3.60. The average molecular weight is 435 g/mol. The number of nitrogens with zero attached hydrogens (tertiary/aromatic N) is 2. The van der Waals surface area contributed by atoms with E-state index in [0.717, 1.165) is 23.6 Å². The number of aliphatic imine (C=N–C) groups is 1. The van der Waals surface area contributed by atoms with E-state index in [0.29, 0.717) is 19.6 Å². The first-order valence-electron chi connectivity index (χ1n) is 11.5.